The number of benzene rings is 2. The van der Waals surface area contributed by atoms with Crippen LogP contribution in [0.2, 0.25) is 0 Å². The topological polar surface area (TPSA) is 55.5 Å². The number of fused-ring (bicyclic) bond motifs is 1. The highest BCUT2D eigenvalue weighted by Crippen LogP contribution is 2.40. The molecule has 1 fully saturated rings. The second-order valence-corrected chi connectivity index (χ2v) is 8.59. The molecule has 0 bridgehead atoms. The summed E-state index contributed by atoms with van der Waals surface area (Å²) in [6.45, 7) is 0.0919. The average molecular weight is 378 g/mol. The number of allylic oxidation sites excluding steroid dienone is 1. The third kappa shape index (κ3) is 4.01. The molecule has 0 saturated heterocycles. The first-order valence-corrected chi connectivity index (χ1v) is 10.4. The third-order valence-corrected chi connectivity index (χ3v) is 6.61. The van der Waals surface area contributed by atoms with Crippen molar-refractivity contribution < 1.29 is 9.84 Å². The van der Waals surface area contributed by atoms with E-state index in [2.05, 4.69) is 42.5 Å². The number of para-hydroxylation sites is 1. The molecule has 3 heteroatoms. The molecule has 3 nitrogen and oxygen atoms in total. The molecule has 2 aliphatic rings. The first kappa shape index (κ1) is 19.2. The van der Waals surface area contributed by atoms with Crippen molar-refractivity contribution in [2.24, 2.45) is 11.7 Å². The summed E-state index contributed by atoms with van der Waals surface area (Å²) in [5.41, 5.74) is 11.4. The normalized spacial score (nSPS) is 27.1. The van der Waals surface area contributed by atoms with Crippen LogP contribution in [0.3, 0.4) is 0 Å². The van der Waals surface area contributed by atoms with Crippen molar-refractivity contribution in [3.63, 3.8) is 0 Å². The van der Waals surface area contributed by atoms with Crippen molar-refractivity contribution in [3.8, 4) is 5.75 Å². The van der Waals surface area contributed by atoms with Gasteiger partial charge in [-0.25, -0.2) is 0 Å². The molecule has 0 aliphatic heterocycles. The largest absolute Gasteiger partial charge is 0.496 e. The van der Waals surface area contributed by atoms with Gasteiger partial charge in [0.1, 0.15) is 5.75 Å². The number of hydrogen-bond acceptors (Lipinski definition) is 3. The van der Waals surface area contributed by atoms with Gasteiger partial charge in [-0.05, 0) is 73.1 Å². The molecule has 0 aromatic heterocycles. The lowest BCUT2D eigenvalue weighted by Gasteiger charge is -2.25. The molecular formula is C25H31NO2. The van der Waals surface area contributed by atoms with E-state index in [1.165, 1.54) is 23.1 Å². The van der Waals surface area contributed by atoms with Gasteiger partial charge in [-0.15, -0.1) is 0 Å². The summed E-state index contributed by atoms with van der Waals surface area (Å²) in [5.74, 6) is 1.99. The van der Waals surface area contributed by atoms with Crippen molar-refractivity contribution >= 4 is 6.08 Å². The molecule has 3 atom stereocenters. The molecule has 0 amide bonds. The molecule has 2 aromatic rings. The maximum atomic E-state index is 9.54. The zero-order chi connectivity index (χ0) is 19.6. The third-order valence-electron chi connectivity index (χ3n) is 6.61. The Hall–Kier alpha value is -2.10. The van der Waals surface area contributed by atoms with E-state index in [4.69, 9.17) is 10.5 Å². The predicted molar refractivity (Wildman–Crippen MR) is 115 cm³/mol. The number of aryl methyl sites for hydroxylation is 1. The van der Waals surface area contributed by atoms with Crippen molar-refractivity contribution in [3.05, 3.63) is 70.8 Å². The van der Waals surface area contributed by atoms with Crippen LogP contribution in [-0.4, -0.2) is 24.4 Å². The van der Waals surface area contributed by atoms with Crippen LogP contribution in [-0.2, 0) is 12.8 Å². The average Bonchev–Trinajstić information content (AvgIpc) is 3.14. The van der Waals surface area contributed by atoms with Gasteiger partial charge in [-0.3, -0.25) is 0 Å². The Morgan fingerprint density at radius 1 is 1.18 bits per heavy atom. The number of nitrogens with two attached hydrogens (primary N) is 1. The molecule has 0 heterocycles. The first-order valence-electron chi connectivity index (χ1n) is 10.4. The van der Waals surface area contributed by atoms with E-state index in [0.717, 1.165) is 43.4 Å². The Morgan fingerprint density at radius 2 is 2.04 bits per heavy atom. The van der Waals surface area contributed by atoms with Crippen LogP contribution < -0.4 is 10.5 Å². The fourth-order valence-electron chi connectivity index (χ4n) is 4.85. The van der Waals surface area contributed by atoms with Gasteiger partial charge in [-0.1, -0.05) is 48.6 Å². The number of aliphatic hydroxyl groups is 1. The van der Waals surface area contributed by atoms with Crippen LogP contribution in [0.5, 0.6) is 5.75 Å². The number of ether oxygens (including phenoxy) is 1. The Kier molecular flexibility index (Phi) is 5.56. The second kappa shape index (κ2) is 8.10. The SMILES string of the molecule is COc1ccccc1/C=C/C1CCc2cc([C@H]3CC[C@](N)(CO)C3)ccc2C1. The summed E-state index contributed by atoms with van der Waals surface area (Å²) >= 11 is 0. The summed E-state index contributed by atoms with van der Waals surface area (Å²) in [6.07, 6.45) is 10.9. The van der Waals surface area contributed by atoms with E-state index in [0.29, 0.717) is 11.8 Å². The van der Waals surface area contributed by atoms with E-state index in [1.807, 2.05) is 12.1 Å². The minimum Gasteiger partial charge on any atom is -0.496 e. The highest BCUT2D eigenvalue weighted by atomic mass is 16.5. The van der Waals surface area contributed by atoms with Crippen molar-refractivity contribution in [2.75, 3.05) is 13.7 Å². The predicted octanol–water partition coefficient (Wildman–Crippen LogP) is 4.47. The van der Waals surface area contributed by atoms with Crippen molar-refractivity contribution in [1.82, 2.24) is 0 Å². The van der Waals surface area contributed by atoms with Crippen LogP contribution in [0.15, 0.2) is 48.5 Å². The van der Waals surface area contributed by atoms with E-state index in [9.17, 15) is 5.11 Å². The smallest absolute Gasteiger partial charge is 0.126 e. The number of methoxy groups -OCH3 is 1. The van der Waals surface area contributed by atoms with E-state index in [-0.39, 0.29) is 12.1 Å². The van der Waals surface area contributed by atoms with Crippen LogP contribution in [0.25, 0.3) is 6.08 Å². The maximum absolute atomic E-state index is 9.54. The zero-order valence-corrected chi connectivity index (χ0v) is 16.7. The summed E-state index contributed by atoms with van der Waals surface area (Å²) < 4.78 is 5.45. The van der Waals surface area contributed by atoms with E-state index < -0.39 is 0 Å². The fourth-order valence-corrected chi connectivity index (χ4v) is 4.85. The zero-order valence-electron chi connectivity index (χ0n) is 16.7. The van der Waals surface area contributed by atoms with Crippen LogP contribution in [0, 0.1) is 5.92 Å². The maximum Gasteiger partial charge on any atom is 0.126 e. The molecule has 28 heavy (non-hydrogen) atoms. The molecule has 148 valence electrons. The first-order chi connectivity index (χ1) is 13.6. The Labute approximate surface area is 168 Å². The highest BCUT2D eigenvalue weighted by Gasteiger charge is 2.36. The minimum atomic E-state index is -0.380. The monoisotopic (exact) mass is 377 g/mol. The lowest BCUT2D eigenvalue weighted by Crippen LogP contribution is -2.40. The summed E-state index contributed by atoms with van der Waals surface area (Å²) in [7, 11) is 1.72. The lowest BCUT2D eigenvalue weighted by molar-refractivity contribution is 0.198. The molecule has 0 spiro atoms. The van der Waals surface area contributed by atoms with Gasteiger partial charge in [0.15, 0.2) is 0 Å². The Morgan fingerprint density at radius 3 is 2.82 bits per heavy atom. The van der Waals surface area contributed by atoms with Gasteiger partial charge in [0.25, 0.3) is 0 Å². The molecular weight excluding hydrogens is 346 g/mol. The van der Waals surface area contributed by atoms with Crippen LogP contribution in [0.1, 0.15) is 53.9 Å². The molecule has 2 aliphatic carbocycles. The van der Waals surface area contributed by atoms with Gasteiger partial charge < -0.3 is 15.6 Å². The Bertz CT molecular complexity index is 859. The summed E-state index contributed by atoms with van der Waals surface area (Å²) in [6, 6.07) is 15.2. The standard InChI is InChI=1S/C25H31NO2/c1-28-24-5-3-2-4-19(24)8-6-18-7-9-21-15-22(11-10-20(21)14-18)23-12-13-25(26,16-23)17-27/h2-6,8,10-11,15,18,23,27H,7,9,12-14,16-17,26H2,1H3/b8-6+/t18?,23-,25+/m0/s1. The van der Waals surface area contributed by atoms with Gasteiger partial charge in [0.2, 0.25) is 0 Å². The summed E-state index contributed by atoms with van der Waals surface area (Å²) in [4.78, 5) is 0. The molecule has 4 rings (SSSR count). The van der Waals surface area contributed by atoms with Gasteiger partial charge in [-0.2, -0.15) is 0 Å². The van der Waals surface area contributed by atoms with E-state index >= 15 is 0 Å². The molecule has 1 saturated carbocycles. The van der Waals surface area contributed by atoms with Crippen molar-refractivity contribution in [1.29, 1.82) is 0 Å². The fraction of sp³-hybridized carbons (Fsp3) is 0.440. The Balaban J connectivity index is 1.44. The van der Waals surface area contributed by atoms with Crippen molar-refractivity contribution in [2.45, 2.75) is 50.0 Å². The summed E-state index contributed by atoms with van der Waals surface area (Å²) in [5, 5.41) is 9.54. The number of rotatable bonds is 5. The molecule has 2 aromatic carbocycles. The number of hydrogen-bond donors (Lipinski definition) is 2. The quantitative estimate of drug-likeness (QED) is 0.808. The highest BCUT2D eigenvalue weighted by molar-refractivity contribution is 5.57. The van der Waals surface area contributed by atoms with Gasteiger partial charge in [0, 0.05) is 11.1 Å². The molecule has 1 unspecified atom stereocenters. The second-order valence-electron chi connectivity index (χ2n) is 8.59. The molecule has 0 radical (unpaired) electrons. The number of aliphatic hydroxyl groups excluding tert-OH is 1. The van der Waals surface area contributed by atoms with E-state index in [1.54, 1.807) is 7.11 Å². The van der Waals surface area contributed by atoms with Gasteiger partial charge in [0.05, 0.1) is 13.7 Å². The lowest BCUT2D eigenvalue weighted by atomic mass is 9.81. The van der Waals surface area contributed by atoms with Crippen LogP contribution in [0.4, 0.5) is 0 Å². The minimum absolute atomic E-state index is 0.0919. The molecule has 3 N–H and O–H groups in total. The van der Waals surface area contributed by atoms with Gasteiger partial charge >= 0.3 is 0 Å². The van der Waals surface area contributed by atoms with Crippen LogP contribution >= 0.6 is 0 Å².